The molecular formula is C10H13N3O5S. The van der Waals surface area contributed by atoms with Gasteiger partial charge in [0.2, 0.25) is 0 Å². The van der Waals surface area contributed by atoms with Crippen molar-refractivity contribution in [2.24, 2.45) is 10.9 Å². The number of amidine groups is 1. The van der Waals surface area contributed by atoms with E-state index in [0.29, 0.717) is 4.90 Å². The SMILES string of the molecule is NC(=NO)c1ccc(SCC(O)CO)c([N+](=O)[O-])c1. The lowest BCUT2D eigenvalue weighted by molar-refractivity contribution is -0.387. The van der Waals surface area contributed by atoms with Crippen LogP contribution in [0.15, 0.2) is 28.3 Å². The third-order valence-electron chi connectivity index (χ3n) is 2.20. The van der Waals surface area contributed by atoms with Gasteiger partial charge in [0.25, 0.3) is 5.69 Å². The van der Waals surface area contributed by atoms with Gasteiger partial charge < -0.3 is 21.2 Å². The molecule has 0 heterocycles. The quantitative estimate of drug-likeness (QED) is 0.145. The Balaban J connectivity index is 3.02. The lowest BCUT2D eigenvalue weighted by Crippen LogP contribution is -2.15. The average Bonchev–Trinajstić information content (AvgIpc) is 2.43. The Morgan fingerprint density at radius 1 is 1.58 bits per heavy atom. The number of benzene rings is 1. The highest BCUT2D eigenvalue weighted by atomic mass is 32.2. The highest BCUT2D eigenvalue weighted by Crippen LogP contribution is 2.30. The van der Waals surface area contributed by atoms with Gasteiger partial charge >= 0.3 is 0 Å². The Kier molecular flexibility index (Phi) is 5.55. The van der Waals surface area contributed by atoms with Gasteiger partial charge in [-0.2, -0.15) is 0 Å². The molecule has 0 aliphatic heterocycles. The molecule has 1 rings (SSSR count). The molecule has 0 amide bonds. The molecule has 104 valence electrons. The first-order chi connectivity index (χ1) is 8.99. The Morgan fingerprint density at radius 2 is 2.26 bits per heavy atom. The van der Waals surface area contributed by atoms with Gasteiger partial charge in [-0.25, -0.2) is 0 Å². The second-order valence-electron chi connectivity index (χ2n) is 3.57. The third-order valence-corrected chi connectivity index (χ3v) is 3.41. The summed E-state index contributed by atoms with van der Waals surface area (Å²) >= 11 is 1.04. The summed E-state index contributed by atoms with van der Waals surface area (Å²) in [6, 6.07) is 4.10. The number of nitrogens with zero attached hydrogens (tertiary/aromatic N) is 2. The normalized spacial score (nSPS) is 13.3. The minimum atomic E-state index is -0.951. The standard InChI is InChI=1S/C10H13N3O5S/c11-10(12-16)6-1-2-9(8(3-6)13(17)18)19-5-7(15)4-14/h1-3,7,14-16H,4-5H2,(H2,11,12). The number of thioether (sulfide) groups is 1. The fourth-order valence-corrected chi connectivity index (χ4v) is 2.16. The summed E-state index contributed by atoms with van der Waals surface area (Å²) in [7, 11) is 0. The molecule has 8 nitrogen and oxygen atoms in total. The van der Waals surface area contributed by atoms with Gasteiger partial charge in [-0.05, 0) is 12.1 Å². The molecule has 0 saturated carbocycles. The number of aliphatic hydroxyl groups excluding tert-OH is 2. The predicted octanol–water partition coefficient (Wildman–Crippen LogP) is 0.135. The number of aliphatic hydroxyl groups is 2. The van der Waals surface area contributed by atoms with Crippen LogP contribution in [0.1, 0.15) is 5.56 Å². The van der Waals surface area contributed by atoms with Crippen LogP contribution in [-0.2, 0) is 0 Å². The third kappa shape index (κ3) is 4.09. The summed E-state index contributed by atoms with van der Waals surface area (Å²) in [5.41, 5.74) is 5.37. The highest BCUT2D eigenvalue weighted by Gasteiger charge is 2.17. The lowest BCUT2D eigenvalue weighted by atomic mass is 10.2. The van der Waals surface area contributed by atoms with Crippen molar-refractivity contribution >= 4 is 23.3 Å². The number of nitrogens with two attached hydrogens (primary N) is 1. The Bertz CT molecular complexity index is 494. The van der Waals surface area contributed by atoms with Crippen LogP contribution in [0.4, 0.5) is 5.69 Å². The van der Waals surface area contributed by atoms with Gasteiger partial charge in [0.1, 0.15) is 0 Å². The van der Waals surface area contributed by atoms with E-state index in [4.69, 9.17) is 16.0 Å². The maximum atomic E-state index is 10.9. The number of hydrogen-bond donors (Lipinski definition) is 4. The van der Waals surface area contributed by atoms with Crippen LogP contribution >= 0.6 is 11.8 Å². The first-order valence-electron chi connectivity index (χ1n) is 5.17. The Morgan fingerprint density at radius 3 is 2.79 bits per heavy atom. The van der Waals surface area contributed by atoms with E-state index in [-0.39, 0.29) is 22.8 Å². The average molecular weight is 287 g/mol. The molecular weight excluding hydrogens is 274 g/mol. The summed E-state index contributed by atoms with van der Waals surface area (Å²) in [5.74, 6) is -0.102. The molecule has 5 N–H and O–H groups in total. The van der Waals surface area contributed by atoms with E-state index in [1.165, 1.54) is 18.2 Å². The van der Waals surface area contributed by atoms with Crippen molar-refractivity contribution in [2.75, 3.05) is 12.4 Å². The van der Waals surface area contributed by atoms with Gasteiger partial charge in [0.05, 0.1) is 22.5 Å². The van der Waals surface area contributed by atoms with Crippen molar-refractivity contribution in [1.29, 1.82) is 0 Å². The van der Waals surface area contributed by atoms with Crippen LogP contribution in [0, 0.1) is 10.1 Å². The predicted molar refractivity (Wildman–Crippen MR) is 69.4 cm³/mol. The van der Waals surface area contributed by atoms with E-state index in [2.05, 4.69) is 5.16 Å². The van der Waals surface area contributed by atoms with Crippen LogP contribution in [0.25, 0.3) is 0 Å². The Labute approximate surface area is 112 Å². The van der Waals surface area contributed by atoms with Crippen LogP contribution in [0.5, 0.6) is 0 Å². The zero-order valence-electron chi connectivity index (χ0n) is 9.76. The van der Waals surface area contributed by atoms with Crippen molar-refractivity contribution in [3.63, 3.8) is 0 Å². The number of rotatable bonds is 6. The number of oxime groups is 1. The lowest BCUT2D eigenvalue weighted by Gasteiger charge is -2.08. The molecule has 9 heteroatoms. The molecule has 0 aromatic heterocycles. The molecule has 0 aliphatic rings. The van der Waals surface area contributed by atoms with E-state index in [9.17, 15) is 15.2 Å². The summed E-state index contributed by atoms with van der Waals surface area (Å²) in [5, 5.41) is 40.1. The molecule has 0 aliphatic carbocycles. The van der Waals surface area contributed by atoms with Crippen LogP contribution in [0.2, 0.25) is 0 Å². The monoisotopic (exact) mass is 287 g/mol. The minimum Gasteiger partial charge on any atom is -0.409 e. The van der Waals surface area contributed by atoms with E-state index >= 15 is 0 Å². The molecule has 0 fully saturated rings. The molecule has 0 saturated heterocycles. The Hall–Kier alpha value is -1.84. The number of hydrogen-bond acceptors (Lipinski definition) is 7. The molecule has 0 spiro atoms. The summed E-state index contributed by atoms with van der Waals surface area (Å²) in [4.78, 5) is 10.7. The van der Waals surface area contributed by atoms with Gasteiger partial charge in [-0.3, -0.25) is 10.1 Å². The zero-order valence-corrected chi connectivity index (χ0v) is 10.6. The van der Waals surface area contributed by atoms with Gasteiger partial charge in [-0.1, -0.05) is 5.16 Å². The molecule has 1 atom stereocenters. The maximum absolute atomic E-state index is 10.9. The van der Waals surface area contributed by atoms with Gasteiger partial charge in [-0.15, -0.1) is 11.8 Å². The van der Waals surface area contributed by atoms with Crippen molar-refractivity contribution in [1.82, 2.24) is 0 Å². The van der Waals surface area contributed by atoms with Crippen LogP contribution in [-0.4, -0.2) is 44.6 Å². The maximum Gasteiger partial charge on any atom is 0.283 e. The minimum absolute atomic E-state index is 0.125. The second kappa shape index (κ2) is 6.92. The van der Waals surface area contributed by atoms with Crippen LogP contribution < -0.4 is 5.73 Å². The number of nitro benzene ring substituents is 1. The van der Waals surface area contributed by atoms with Crippen molar-refractivity contribution in [2.45, 2.75) is 11.0 Å². The second-order valence-corrected chi connectivity index (χ2v) is 4.63. The molecule has 1 aromatic rings. The van der Waals surface area contributed by atoms with E-state index in [0.717, 1.165) is 11.8 Å². The van der Waals surface area contributed by atoms with E-state index < -0.39 is 17.6 Å². The number of nitro groups is 1. The first kappa shape index (κ1) is 15.2. The zero-order chi connectivity index (χ0) is 14.4. The summed E-state index contributed by atoms with van der Waals surface area (Å²) in [6.07, 6.45) is -0.951. The van der Waals surface area contributed by atoms with E-state index in [1.807, 2.05) is 0 Å². The van der Waals surface area contributed by atoms with E-state index in [1.54, 1.807) is 0 Å². The summed E-state index contributed by atoms with van der Waals surface area (Å²) in [6.45, 7) is -0.414. The molecule has 1 aromatic carbocycles. The van der Waals surface area contributed by atoms with Crippen molar-refractivity contribution in [3.05, 3.63) is 33.9 Å². The molecule has 19 heavy (non-hydrogen) atoms. The first-order valence-corrected chi connectivity index (χ1v) is 6.16. The topological polar surface area (TPSA) is 142 Å². The fraction of sp³-hybridized carbons (Fsp3) is 0.300. The van der Waals surface area contributed by atoms with Gasteiger partial charge in [0.15, 0.2) is 5.84 Å². The molecule has 0 radical (unpaired) electrons. The largest absolute Gasteiger partial charge is 0.409 e. The smallest absolute Gasteiger partial charge is 0.283 e. The fourth-order valence-electron chi connectivity index (χ4n) is 1.24. The van der Waals surface area contributed by atoms with Crippen LogP contribution in [0.3, 0.4) is 0 Å². The van der Waals surface area contributed by atoms with Crippen molar-refractivity contribution < 1.29 is 20.3 Å². The summed E-state index contributed by atoms with van der Waals surface area (Å²) < 4.78 is 0. The highest BCUT2D eigenvalue weighted by molar-refractivity contribution is 7.99. The molecule has 0 bridgehead atoms. The molecule has 1 unspecified atom stereocenters. The van der Waals surface area contributed by atoms with Crippen molar-refractivity contribution in [3.8, 4) is 0 Å². The van der Waals surface area contributed by atoms with Gasteiger partial charge in [0, 0.05) is 17.4 Å².